The normalized spacial score (nSPS) is 17.6. The summed E-state index contributed by atoms with van der Waals surface area (Å²) in [6.07, 6.45) is 2.32. The van der Waals surface area contributed by atoms with Crippen LogP contribution in [0.3, 0.4) is 0 Å². The molecule has 1 saturated heterocycles. The summed E-state index contributed by atoms with van der Waals surface area (Å²) >= 11 is 0. The largest absolute Gasteiger partial charge is 0.364 e. The molecule has 1 unspecified atom stereocenters. The lowest BCUT2D eigenvalue weighted by Crippen LogP contribution is -2.47. The van der Waals surface area contributed by atoms with Crippen molar-refractivity contribution in [1.82, 2.24) is 19.1 Å². The number of carbonyl (C=O) groups is 2. The van der Waals surface area contributed by atoms with Gasteiger partial charge >= 0.3 is 0 Å². The van der Waals surface area contributed by atoms with E-state index in [1.807, 2.05) is 14.1 Å². The van der Waals surface area contributed by atoms with Crippen LogP contribution >= 0.6 is 0 Å². The molecule has 10 heteroatoms. The Labute approximate surface area is 173 Å². The molecule has 0 saturated carbocycles. The zero-order chi connectivity index (χ0) is 21.9. The van der Waals surface area contributed by atoms with Crippen LogP contribution in [-0.4, -0.2) is 73.8 Å². The fraction of sp³-hybridized carbons (Fsp3) is 0.684. The van der Waals surface area contributed by atoms with Crippen molar-refractivity contribution in [1.29, 1.82) is 0 Å². The maximum atomic E-state index is 12.9. The second kappa shape index (κ2) is 9.27. The van der Waals surface area contributed by atoms with Gasteiger partial charge < -0.3 is 20.5 Å². The van der Waals surface area contributed by atoms with Gasteiger partial charge in [0.2, 0.25) is 15.9 Å². The lowest BCUT2D eigenvalue weighted by molar-refractivity contribution is -0.126. The van der Waals surface area contributed by atoms with E-state index in [1.165, 1.54) is 21.1 Å². The molecule has 2 amide bonds. The number of hydrogen-bond donors (Lipinski definition) is 2. The van der Waals surface area contributed by atoms with Crippen LogP contribution in [0.1, 0.15) is 37.2 Å². The molecular formula is C19H33N5O4S. The number of nitrogens with zero attached hydrogens (tertiary/aromatic N) is 3. The van der Waals surface area contributed by atoms with Gasteiger partial charge in [-0.2, -0.15) is 4.31 Å². The van der Waals surface area contributed by atoms with Gasteiger partial charge in [0.15, 0.2) is 0 Å². The average molecular weight is 428 g/mol. The van der Waals surface area contributed by atoms with Crippen LogP contribution in [0.15, 0.2) is 17.2 Å². The zero-order valence-corrected chi connectivity index (χ0v) is 18.7. The summed E-state index contributed by atoms with van der Waals surface area (Å²) in [5.74, 6) is -0.492. The average Bonchev–Trinajstić information content (AvgIpc) is 3.04. The Balaban J connectivity index is 1.96. The number of nitrogens with two attached hydrogens (primary N) is 1. The monoisotopic (exact) mass is 427 g/mol. The Morgan fingerprint density at radius 3 is 2.31 bits per heavy atom. The van der Waals surface area contributed by atoms with Crippen LogP contribution in [0.2, 0.25) is 0 Å². The highest BCUT2D eigenvalue weighted by molar-refractivity contribution is 7.89. The Kier molecular flexibility index (Phi) is 7.47. The lowest BCUT2D eigenvalue weighted by atomic mass is 9.96. The standard InChI is InChI=1S/C19H33N5O4S/c1-13(2)17(22(3)4)11-21-19(26)14-6-8-24(9-7-14)29(27,28)15-10-16(18(20)25)23(5)12-15/h10,12-14,17H,6-9,11H2,1-5H3,(H2,20,25)(H,21,26). The first-order chi connectivity index (χ1) is 13.4. The predicted octanol–water partition coefficient (Wildman–Crippen LogP) is 0.227. The van der Waals surface area contributed by atoms with Gasteiger partial charge in [-0.1, -0.05) is 13.8 Å². The van der Waals surface area contributed by atoms with Crippen molar-refractivity contribution in [2.45, 2.75) is 37.6 Å². The van der Waals surface area contributed by atoms with Crippen LogP contribution in [0, 0.1) is 11.8 Å². The van der Waals surface area contributed by atoms with Crippen LogP contribution in [-0.2, 0) is 21.9 Å². The third kappa shape index (κ3) is 5.37. The first kappa shape index (κ1) is 23.4. The van der Waals surface area contributed by atoms with E-state index in [0.717, 1.165) is 0 Å². The quantitative estimate of drug-likeness (QED) is 0.616. The number of rotatable bonds is 8. The molecule has 0 radical (unpaired) electrons. The van der Waals surface area contributed by atoms with Crippen molar-refractivity contribution in [3.63, 3.8) is 0 Å². The van der Waals surface area contributed by atoms with Gasteiger partial charge in [0, 0.05) is 44.8 Å². The summed E-state index contributed by atoms with van der Waals surface area (Å²) in [7, 11) is 1.84. The topological polar surface area (TPSA) is 118 Å². The first-order valence-electron chi connectivity index (χ1n) is 9.85. The molecule has 164 valence electrons. The molecule has 0 spiro atoms. The van der Waals surface area contributed by atoms with E-state index >= 15 is 0 Å². The van der Waals surface area contributed by atoms with Gasteiger partial charge in [-0.25, -0.2) is 8.42 Å². The molecule has 1 aromatic heterocycles. The Hall–Kier alpha value is -1.91. The Bertz CT molecular complexity index is 831. The molecule has 1 aliphatic rings. The van der Waals surface area contributed by atoms with Crippen LogP contribution in [0.4, 0.5) is 0 Å². The highest BCUT2D eigenvalue weighted by Gasteiger charge is 2.33. The molecule has 1 aromatic rings. The minimum Gasteiger partial charge on any atom is -0.364 e. The molecule has 0 bridgehead atoms. The fourth-order valence-corrected chi connectivity index (χ4v) is 5.33. The van der Waals surface area contributed by atoms with E-state index in [1.54, 1.807) is 7.05 Å². The maximum Gasteiger partial charge on any atom is 0.265 e. The number of piperidine rings is 1. The molecular weight excluding hydrogens is 394 g/mol. The van der Waals surface area contributed by atoms with Gasteiger partial charge in [-0.15, -0.1) is 0 Å². The Morgan fingerprint density at radius 2 is 1.86 bits per heavy atom. The van der Waals surface area contributed by atoms with Crippen LogP contribution < -0.4 is 11.1 Å². The van der Waals surface area contributed by atoms with Gasteiger partial charge in [-0.05, 0) is 38.9 Å². The summed E-state index contributed by atoms with van der Waals surface area (Å²) in [4.78, 5) is 26.1. The predicted molar refractivity (Wildman–Crippen MR) is 111 cm³/mol. The molecule has 9 nitrogen and oxygen atoms in total. The number of primary amides is 1. The number of hydrogen-bond acceptors (Lipinski definition) is 5. The van der Waals surface area contributed by atoms with Gasteiger partial charge in [0.05, 0.1) is 0 Å². The molecule has 2 rings (SSSR count). The Morgan fingerprint density at radius 1 is 1.28 bits per heavy atom. The smallest absolute Gasteiger partial charge is 0.265 e. The molecule has 1 fully saturated rings. The van der Waals surface area contributed by atoms with Gasteiger partial charge in [-0.3, -0.25) is 9.59 Å². The number of aromatic nitrogens is 1. The molecule has 1 atom stereocenters. The molecule has 29 heavy (non-hydrogen) atoms. The van der Waals surface area contributed by atoms with Crippen molar-refractivity contribution in [3.05, 3.63) is 18.0 Å². The summed E-state index contributed by atoms with van der Waals surface area (Å²) in [5.41, 5.74) is 5.41. The third-order valence-electron chi connectivity index (χ3n) is 5.61. The summed E-state index contributed by atoms with van der Waals surface area (Å²) in [6, 6.07) is 1.54. The van der Waals surface area contributed by atoms with E-state index in [4.69, 9.17) is 5.73 Å². The highest BCUT2D eigenvalue weighted by Crippen LogP contribution is 2.25. The second-order valence-corrected chi connectivity index (χ2v) is 10.2. The molecule has 0 aliphatic carbocycles. The SMILES string of the molecule is CC(C)C(CNC(=O)C1CCN(S(=O)(=O)c2cc(C(N)=O)n(C)c2)CC1)N(C)C. The van der Waals surface area contributed by atoms with Crippen LogP contribution in [0.5, 0.6) is 0 Å². The summed E-state index contributed by atoms with van der Waals surface area (Å²) < 4.78 is 28.5. The minimum atomic E-state index is -3.73. The molecule has 3 N–H and O–H groups in total. The highest BCUT2D eigenvalue weighted by atomic mass is 32.2. The molecule has 2 heterocycles. The van der Waals surface area contributed by atoms with Gasteiger partial charge in [0.1, 0.15) is 10.6 Å². The number of nitrogens with one attached hydrogen (secondary N) is 1. The second-order valence-electron chi connectivity index (χ2n) is 8.23. The summed E-state index contributed by atoms with van der Waals surface area (Å²) in [6.45, 7) is 5.34. The third-order valence-corrected chi connectivity index (χ3v) is 7.48. The fourth-order valence-electron chi connectivity index (χ4n) is 3.79. The first-order valence-corrected chi connectivity index (χ1v) is 11.3. The van der Waals surface area contributed by atoms with Crippen molar-refractivity contribution < 1.29 is 18.0 Å². The minimum absolute atomic E-state index is 0.0229. The van der Waals surface area contributed by atoms with Gasteiger partial charge in [0.25, 0.3) is 5.91 Å². The van der Waals surface area contributed by atoms with Crippen molar-refractivity contribution in [2.24, 2.45) is 24.6 Å². The van der Waals surface area contributed by atoms with Crippen molar-refractivity contribution in [2.75, 3.05) is 33.7 Å². The summed E-state index contributed by atoms with van der Waals surface area (Å²) in [5, 5.41) is 3.02. The maximum absolute atomic E-state index is 12.9. The number of carbonyl (C=O) groups excluding carboxylic acids is 2. The lowest BCUT2D eigenvalue weighted by Gasteiger charge is -2.32. The van der Waals surface area contributed by atoms with Crippen molar-refractivity contribution >= 4 is 21.8 Å². The van der Waals surface area contributed by atoms with E-state index in [-0.39, 0.29) is 41.5 Å². The van der Waals surface area contributed by atoms with E-state index in [0.29, 0.717) is 25.3 Å². The zero-order valence-electron chi connectivity index (χ0n) is 17.9. The number of amides is 2. The number of likely N-dealkylation sites (N-methyl/N-ethyl adjacent to an activating group) is 1. The molecule has 1 aliphatic heterocycles. The van der Waals surface area contributed by atoms with Crippen molar-refractivity contribution in [3.8, 4) is 0 Å². The number of sulfonamides is 1. The van der Waals surface area contributed by atoms with E-state index in [9.17, 15) is 18.0 Å². The number of aryl methyl sites for hydroxylation is 1. The van der Waals surface area contributed by atoms with E-state index in [2.05, 4.69) is 24.1 Å². The molecule has 0 aromatic carbocycles. The van der Waals surface area contributed by atoms with E-state index < -0.39 is 15.9 Å². The van der Waals surface area contributed by atoms with Crippen LogP contribution in [0.25, 0.3) is 0 Å².